The molecule has 0 aliphatic heterocycles. The zero-order valence-corrected chi connectivity index (χ0v) is 9.95. The summed E-state index contributed by atoms with van der Waals surface area (Å²) in [6, 6.07) is 0.297. The molecule has 0 bridgehead atoms. The number of unbranched alkanes of at least 4 members (excludes halogenated alkanes) is 3. The summed E-state index contributed by atoms with van der Waals surface area (Å²) in [7, 11) is 1.94. The molecule has 2 N–H and O–H groups in total. The lowest BCUT2D eigenvalue weighted by molar-refractivity contribution is 0.546. The molecule has 0 amide bonds. The molecule has 86 valence electrons. The van der Waals surface area contributed by atoms with E-state index in [2.05, 4.69) is 12.0 Å². The predicted octanol–water partition coefficient (Wildman–Crippen LogP) is 2.26. The minimum atomic E-state index is 0.297. The molecule has 1 rings (SSSR count). The van der Waals surface area contributed by atoms with E-state index in [1.54, 1.807) is 0 Å². The highest BCUT2D eigenvalue weighted by Gasteiger charge is 2.05. The Morgan fingerprint density at radius 2 is 2.20 bits per heavy atom. The van der Waals surface area contributed by atoms with Crippen molar-refractivity contribution in [2.45, 2.75) is 51.5 Å². The zero-order chi connectivity index (χ0) is 11.1. The van der Waals surface area contributed by atoms with Gasteiger partial charge < -0.3 is 5.73 Å². The van der Waals surface area contributed by atoms with Crippen LogP contribution in [0.15, 0.2) is 12.4 Å². The molecule has 0 radical (unpaired) electrons. The lowest BCUT2D eigenvalue weighted by atomic mass is 10.0. The predicted molar refractivity (Wildman–Crippen MR) is 63.6 cm³/mol. The molecule has 0 aliphatic rings. The molecule has 0 fully saturated rings. The average Bonchev–Trinajstić information content (AvgIpc) is 2.59. The smallest absolute Gasteiger partial charge is 0.0522 e. The van der Waals surface area contributed by atoms with Crippen LogP contribution < -0.4 is 5.73 Å². The maximum atomic E-state index is 6.06. The Balaban J connectivity index is 2.15. The summed E-state index contributed by atoms with van der Waals surface area (Å²) in [5.41, 5.74) is 7.31. The maximum Gasteiger partial charge on any atom is 0.0522 e. The second-order valence-corrected chi connectivity index (χ2v) is 4.34. The van der Waals surface area contributed by atoms with Crippen molar-refractivity contribution in [1.29, 1.82) is 0 Å². The highest BCUT2D eigenvalue weighted by atomic mass is 15.2. The van der Waals surface area contributed by atoms with Gasteiger partial charge in [-0.2, -0.15) is 5.10 Å². The number of hydrogen-bond donors (Lipinski definition) is 1. The van der Waals surface area contributed by atoms with Crippen LogP contribution in [0.2, 0.25) is 0 Å². The number of hydrogen-bond acceptors (Lipinski definition) is 2. The van der Waals surface area contributed by atoms with Crippen LogP contribution in [0.25, 0.3) is 0 Å². The Morgan fingerprint density at radius 1 is 1.40 bits per heavy atom. The number of aryl methyl sites for hydroxylation is 1. The lowest BCUT2D eigenvalue weighted by Gasteiger charge is -2.09. The molecule has 1 atom stereocenters. The molecule has 0 saturated carbocycles. The highest BCUT2D eigenvalue weighted by Crippen LogP contribution is 2.08. The Hall–Kier alpha value is -0.830. The molecule has 0 spiro atoms. The summed E-state index contributed by atoms with van der Waals surface area (Å²) in [5, 5.41) is 4.14. The molecule has 0 saturated heterocycles. The first-order valence-corrected chi connectivity index (χ1v) is 5.95. The van der Waals surface area contributed by atoms with Crippen LogP contribution in [0.3, 0.4) is 0 Å². The zero-order valence-electron chi connectivity index (χ0n) is 9.95. The van der Waals surface area contributed by atoms with Crippen molar-refractivity contribution < 1.29 is 0 Å². The number of aromatic nitrogens is 2. The van der Waals surface area contributed by atoms with Crippen molar-refractivity contribution in [2.24, 2.45) is 12.8 Å². The molecular formula is C12H23N3. The fourth-order valence-electron chi connectivity index (χ4n) is 1.82. The largest absolute Gasteiger partial charge is 0.327 e. The van der Waals surface area contributed by atoms with E-state index in [0.717, 1.165) is 12.8 Å². The first-order chi connectivity index (χ1) is 7.22. The fourth-order valence-corrected chi connectivity index (χ4v) is 1.82. The first-order valence-electron chi connectivity index (χ1n) is 5.95. The molecule has 15 heavy (non-hydrogen) atoms. The number of nitrogens with two attached hydrogens (primary N) is 1. The second kappa shape index (κ2) is 6.62. The van der Waals surface area contributed by atoms with Crippen LogP contribution in [-0.4, -0.2) is 15.8 Å². The SMILES string of the molecule is CCCCCCC(N)Cc1cnn(C)c1. The van der Waals surface area contributed by atoms with Gasteiger partial charge in [0.15, 0.2) is 0 Å². The van der Waals surface area contributed by atoms with Gasteiger partial charge in [-0.1, -0.05) is 32.6 Å². The molecule has 1 aromatic rings. The standard InChI is InChI=1S/C12H23N3/c1-3-4-5-6-7-12(13)8-11-9-14-15(2)10-11/h9-10,12H,3-8,13H2,1-2H3. The minimum absolute atomic E-state index is 0.297. The van der Waals surface area contributed by atoms with E-state index >= 15 is 0 Å². The van der Waals surface area contributed by atoms with Crippen LogP contribution in [0.1, 0.15) is 44.6 Å². The third-order valence-electron chi connectivity index (χ3n) is 2.68. The summed E-state index contributed by atoms with van der Waals surface area (Å²) in [4.78, 5) is 0. The normalized spacial score (nSPS) is 13.0. The van der Waals surface area contributed by atoms with Gasteiger partial charge in [0.05, 0.1) is 6.20 Å². The van der Waals surface area contributed by atoms with E-state index in [9.17, 15) is 0 Å². The fraction of sp³-hybridized carbons (Fsp3) is 0.750. The Labute approximate surface area is 92.7 Å². The van der Waals surface area contributed by atoms with Gasteiger partial charge in [-0.25, -0.2) is 0 Å². The van der Waals surface area contributed by atoms with Crippen molar-refractivity contribution >= 4 is 0 Å². The first kappa shape index (κ1) is 12.2. The third-order valence-corrected chi connectivity index (χ3v) is 2.68. The number of rotatable bonds is 7. The van der Waals surface area contributed by atoms with Gasteiger partial charge in [-0.15, -0.1) is 0 Å². The van der Waals surface area contributed by atoms with Crippen molar-refractivity contribution in [3.8, 4) is 0 Å². The van der Waals surface area contributed by atoms with Gasteiger partial charge in [0, 0.05) is 19.3 Å². The number of nitrogens with zero attached hydrogens (tertiary/aromatic N) is 2. The van der Waals surface area contributed by atoms with Gasteiger partial charge in [0.2, 0.25) is 0 Å². The third kappa shape index (κ3) is 4.98. The summed E-state index contributed by atoms with van der Waals surface area (Å²) in [5.74, 6) is 0. The highest BCUT2D eigenvalue weighted by molar-refractivity contribution is 5.05. The van der Waals surface area contributed by atoms with Gasteiger partial charge in [-0.05, 0) is 18.4 Å². The van der Waals surface area contributed by atoms with E-state index < -0.39 is 0 Å². The van der Waals surface area contributed by atoms with E-state index in [1.165, 1.54) is 31.2 Å². The lowest BCUT2D eigenvalue weighted by Crippen LogP contribution is -2.22. The molecule has 0 aromatic carbocycles. The van der Waals surface area contributed by atoms with E-state index in [0.29, 0.717) is 6.04 Å². The summed E-state index contributed by atoms with van der Waals surface area (Å²) in [6.45, 7) is 2.23. The monoisotopic (exact) mass is 209 g/mol. The minimum Gasteiger partial charge on any atom is -0.327 e. The topological polar surface area (TPSA) is 43.8 Å². The van der Waals surface area contributed by atoms with Crippen molar-refractivity contribution in [3.63, 3.8) is 0 Å². The van der Waals surface area contributed by atoms with E-state index in [1.807, 2.05) is 24.1 Å². The van der Waals surface area contributed by atoms with Gasteiger partial charge >= 0.3 is 0 Å². The van der Waals surface area contributed by atoms with Gasteiger partial charge in [-0.3, -0.25) is 4.68 Å². The van der Waals surface area contributed by atoms with Crippen molar-refractivity contribution in [2.75, 3.05) is 0 Å². The van der Waals surface area contributed by atoms with Crippen LogP contribution in [0.5, 0.6) is 0 Å². The van der Waals surface area contributed by atoms with Crippen LogP contribution in [0.4, 0.5) is 0 Å². The quantitative estimate of drug-likeness (QED) is 0.700. The van der Waals surface area contributed by atoms with Crippen molar-refractivity contribution in [3.05, 3.63) is 18.0 Å². The second-order valence-electron chi connectivity index (χ2n) is 4.34. The van der Waals surface area contributed by atoms with Gasteiger partial charge in [0.1, 0.15) is 0 Å². The molecule has 3 nitrogen and oxygen atoms in total. The molecule has 3 heteroatoms. The molecule has 0 aliphatic carbocycles. The summed E-state index contributed by atoms with van der Waals surface area (Å²) in [6.07, 6.45) is 11.2. The molecule has 1 aromatic heterocycles. The summed E-state index contributed by atoms with van der Waals surface area (Å²) < 4.78 is 1.83. The van der Waals surface area contributed by atoms with E-state index in [4.69, 9.17) is 5.73 Å². The van der Waals surface area contributed by atoms with Crippen molar-refractivity contribution in [1.82, 2.24) is 9.78 Å². The average molecular weight is 209 g/mol. The van der Waals surface area contributed by atoms with Crippen LogP contribution in [0, 0.1) is 0 Å². The Kier molecular flexibility index (Phi) is 5.40. The van der Waals surface area contributed by atoms with Crippen LogP contribution in [-0.2, 0) is 13.5 Å². The van der Waals surface area contributed by atoms with Crippen LogP contribution >= 0.6 is 0 Å². The summed E-state index contributed by atoms with van der Waals surface area (Å²) >= 11 is 0. The van der Waals surface area contributed by atoms with Gasteiger partial charge in [0.25, 0.3) is 0 Å². The molecule has 1 unspecified atom stereocenters. The molecular weight excluding hydrogens is 186 g/mol. The Bertz CT molecular complexity index is 268. The molecule has 1 heterocycles. The van der Waals surface area contributed by atoms with E-state index in [-0.39, 0.29) is 0 Å². The maximum absolute atomic E-state index is 6.06. The Morgan fingerprint density at radius 3 is 2.80 bits per heavy atom.